The summed E-state index contributed by atoms with van der Waals surface area (Å²) >= 11 is 0. The first-order valence-electron chi connectivity index (χ1n) is 6.17. The molecule has 0 aromatic carbocycles. The molecule has 0 unspecified atom stereocenters. The third-order valence-electron chi connectivity index (χ3n) is 4.32. The van der Waals surface area contributed by atoms with Gasteiger partial charge in [-0.25, -0.2) is 0 Å². The van der Waals surface area contributed by atoms with Crippen LogP contribution < -0.4 is 5.32 Å². The Balaban J connectivity index is 2.25. The van der Waals surface area contributed by atoms with E-state index in [0.29, 0.717) is 6.42 Å². The summed E-state index contributed by atoms with van der Waals surface area (Å²) in [5, 5.41) is 13.5. The van der Waals surface area contributed by atoms with Crippen LogP contribution in [0.25, 0.3) is 0 Å². The monoisotopic (exact) mass is 223 g/mol. The fourth-order valence-electron chi connectivity index (χ4n) is 3.48. The largest absolute Gasteiger partial charge is 0.386 e. The van der Waals surface area contributed by atoms with Crippen LogP contribution in [0.1, 0.15) is 45.4 Å². The van der Waals surface area contributed by atoms with Gasteiger partial charge in [-0.1, -0.05) is 12.5 Å². The SMILES string of the molecule is C=C[C@@](C)(O)[C@@H]1CCC[C@@]12CCCC(=O)N2. The van der Waals surface area contributed by atoms with Crippen molar-refractivity contribution in [3.63, 3.8) is 0 Å². The van der Waals surface area contributed by atoms with Crippen molar-refractivity contribution in [2.75, 3.05) is 0 Å². The Morgan fingerprint density at radius 3 is 2.88 bits per heavy atom. The predicted molar refractivity (Wildman–Crippen MR) is 62.9 cm³/mol. The van der Waals surface area contributed by atoms with Crippen molar-refractivity contribution in [1.29, 1.82) is 0 Å². The molecule has 0 radical (unpaired) electrons. The standard InChI is InChI=1S/C13H21NO2/c1-3-12(2,16)10-6-4-8-13(10)9-5-7-11(15)14-13/h3,10,16H,1,4-9H2,2H3,(H,14,15)/t10-,12+,13+/m0/s1. The van der Waals surface area contributed by atoms with Crippen LogP contribution in [0.2, 0.25) is 0 Å². The third-order valence-corrected chi connectivity index (χ3v) is 4.32. The molecule has 90 valence electrons. The molecule has 1 saturated carbocycles. The van der Waals surface area contributed by atoms with Crippen molar-refractivity contribution >= 4 is 5.91 Å². The molecule has 3 nitrogen and oxygen atoms in total. The molecule has 1 heterocycles. The van der Waals surface area contributed by atoms with Crippen molar-refractivity contribution in [2.45, 2.75) is 56.6 Å². The van der Waals surface area contributed by atoms with Gasteiger partial charge < -0.3 is 10.4 Å². The van der Waals surface area contributed by atoms with Gasteiger partial charge in [-0.3, -0.25) is 4.79 Å². The molecule has 0 aromatic heterocycles. The van der Waals surface area contributed by atoms with Crippen LogP contribution in [0.5, 0.6) is 0 Å². The van der Waals surface area contributed by atoms with E-state index in [1.54, 1.807) is 13.0 Å². The molecule has 2 rings (SSSR count). The van der Waals surface area contributed by atoms with Crippen LogP contribution in [0.4, 0.5) is 0 Å². The number of piperidine rings is 1. The number of hydrogen-bond acceptors (Lipinski definition) is 2. The molecular formula is C13H21NO2. The molecule has 3 heteroatoms. The lowest BCUT2D eigenvalue weighted by atomic mass is 9.72. The van der Waals surface area contributed by atoms with E-state index in [0.717, 1.165) is 32.1 Å². The minimum Gasteiger partial charge on any atom is -0.386 e. The molecule has 2 N–H and O–H groups in total. The van der Waals surface area contributed by atoms with E-state index in [2.05, 4.69) is 11.9 Å². The fraction of sp³-hybridized carbons (Fsp3) is 0.769. The summed E-state index contributed by atoms with van der Waals surface area (Å²) in [6.07, 6.45) is 7.22. The van der Waals surface area contributed by atoms with Gasteiger partial charge in [0, 0.05) is 17.9 Å². The summed E-state index contributed by atoms with van der Waals surface area (Å²) in [6.45, 7) is 5.52. The number of aliphatic hydroxyl groups is 1. The summed E-state index contributed by atoms with van der Waals surface area (Å²) in [5.41, 5.74) is -1.05. The smallest absolute Gasteiger partial charge is 0.220 e. The molecule has 1 saturated heterocycles. The molecule has 3 atom stereocenters. The molecule has 16 heavy (non-hydrogen) atoms. The van der Waals surface area contributed by atoms with E-state index in [9.17, 15) is 9.90 Å². The van der Waals surface area contributed by atoms with Gasteiger partial charge in [-0.15, -0.1) is 6.58 Å². The average Bonchev–Trinajstić information content (AvgIpc) is 2.62. The van der Waals surface area contributed by atoms with Gasteiger partial charge in [0.25, 0.3) is 0 Å². The number of rotatable bonds is 2. The summed E-state index contributed by atoms with van der Waals surface area (Å²) in [4.78, 5) is 11.6. The van der Waals surface area contributed by atoms with Crippen molar-refractivity contribution < 1.29 is 9.90 Å². The summed E-state index contributed by atoms with van der Waals surface area (Å²) in [5.74, 6) is 0.250. The normalized spacial score (nSPS) is 38.1. The van der Waals surface area contributed by atoms with Crippen molar-refractivity contribution in [3.05, 3.63) is 12.7 Å². The maximum atomic E-state index is 11.6. The molecule has 1 aliphatic carbocycles. The van der Waals surface area contributed by atoms with E-state index >= 15 is 0 Å². The maximum absolute atomic E-state index is 11.6. The van der Waals surface area contributed by atoms with Gasteiger partial charge in [0.2, 0.25) is 5.91 Å². The van der Waals surface area contributed by atoms with Crippen molar-refractivity contribution in [1.82, 2.24) is 5.32 Å². The Morgan fingerprint density at radius 1 is 1.56 bits per heavy atom. The first-order valence-corrected chi connectivity index (χ1v) is 6.17. The Bertz CT molecular complexity index is 311. The van der Waals surface area contributed by atoms with Crippen molar-refractivity contribution in [3.8, 4) is 0 Å². The van der Waals surface area contributed by atoms with Gasteiger partial charge in [0.1, 0.15) is 0 Å². The molecule has 2 aliphatic rings. The third kappa shape index (κ3) is 1.77. The molecule has 1 aliphatic heterocycles. The first-order chi connectivity index (χ1) is 7.50. The Labute approximate surface area is 96.9 Å². The fourth-order valence-corrected chi connectivity index (χ4v) is 3.48. The maximum Gasteiger partial charge on any atom is 0.220 e. The van der Waals surface area contributed by atoms with Crippen LogP contribution in [0, 0.1) is 5.92 Å². The molecule has 0 bridgehead atoms. The zero-order valence-corrected chi connectivity index (χ0v) is 9.96. The highest BCUT2D eigenvalue weighted by molar-refractivity contribution is 5.77. The van der Waals surface area contributed by atoms with Crippen LogP contribution >= 0.6 is 0 Å². The summed E-state index contributed by atoms with van der Waals surface area (Å²) < 4.78 is 0. The molecular weight excluding hydrogens is 202 g/mol. The summed E-state index contributed by atoms with van der Waals surface area (Å²) in [6, 6.07) is 0. The van der Waals surface area contributed by atoms with Gasteiger partial charge in [-0.2, -0.15) is 0 Å². The highest BCUT2D eigenvalue weighted by atomic mass is 16.3. The molecule has 2 fully saturated rings. The van der Waals surface area contributed by atoms with E-state index < -0.39 is 5.60 Å². The first kappa shape index (κ1) is 11.6. The lowest BCUT2D eigenvalue weighted by Crippen LogP contribution is -2.58. The van der Waals surface area contributed by atoms with Crippen LogP contribution in [-0.4, -0.2) is 22.2 Å². The van der Waals surface area contributed by atoms with Crippen LogP contribution in [0.15, 0.2) is 12.7 Å². The van der Waals surface area contributed by atoms with E-state index in [1.165, 1.54) is 0 Å². The average molecular weight is 223 g/mol. The summed E-state index contributed by atoms with van der Waals surface area (Å²) in [7, 11) is 0. The number of nitrogens with one attached hydrogen (secondary N) is 1. The minimum atomic E-state index is -0.874. The van der Waals surface area contributed by atoms with E-state index in [-0.39, 0.29) is 17.4 Å². The lowest BCUT2D eigenvalue weighted by Gasteiger charge is -2.44. The second-order valence-electron chi connectivity index (χ2n) is 5.43. The Morgan fingerprint density at radius 2 is 2.25 bits per heavy atom. The van der Waals surface area contributed by atoms with Gasteiger partial charge in [0.05, 0.1) is 5.60 Å². The lowest BCUT2D eigenvalue weighted by molar-refractivity contribution is -0.127. The number of hydrogen-bond donors (Lipinski definition) is 2. The number of carbonyl (C=O) groups excluding carboxylic acids is 1. The molecule has 1 spiro atoms. The van der Waals surface area contributed by atoms with Gasteiger partial charge in [-0.05, 0) is 32.6 Å². The highest BCUT2D eigenvalue weighted by Crippen LogP contribution is 2.46. The highest BCUT2D eigenvalue weighted by Gasteiger charge is 2.51. The van der Waals surface area contributed by atoms with Crippen LogP contribution in [-0.2, 0) is 4.79 Å². The topological polar surface area (TPSA) is 49.3 Å². The second-order valence-corrected chi connectivity index (χ2v) is 5.43. The zero-order chi connectivity index (χ0) is 11.8. The van der Waals surface area contributed by atoms with E-state index in [4.69, 9.17) is 0 Å². The van der Waals surface area contributed by atoms with E-state index in [1.807, 2.05) is 0 Å². The predicted octanol–water partition coefficient (Wildman–Crippen LogP) is 1.76. The second kappa shape index (κ2) is 3.88. The Kier molecular flexibility index (Phi) is 2.82. The number of carbonyl (C=O) groups is 1. The molecule has 1 amide bonds. The van der Waals surface area contributed by atoms with Gasteiger partial charge >= 0.3 is 0 Å². The zero-order valence-electron chi connectivity index (χ0n) is 9.96. The van der Waals surface area contributed by atoms with Gasteiger partial charge in [0.15, 0.2) is 0 Å². The molecule has 0 aromatic rings. The number of amides is 1. The van der Waals surface area contributed by atoms with Crippen LogP contribution in [0.3, 0.4) is 0 Å². The Hall–Kier alpha value is -0.830. The van der Waals surface area contributed by atoms with Crippen molar-refractivity contribution in [2.24, 2.45) is 5.92 Å². The minimum absolute atomic E-state index is 0.113. The quantitative estimate of drug-likeness (QED) is 0.701.